The molecule has 2 heterocycles. The summed E-state index contributed by atoms with van der Waals surface area (Å²) >= 11 is 0. The highest BCUT2D eigenvalue weighted by molar-refractivity contribution is 7.89. The Morgan fingerprint density at radius 2 is 1.94 bits per heavy atom. The second-order valence-corrected chi connectivity index (χ2v) is 8.96. The fraction of sp³-hybridized carbons (Fsp3) is 0.300. The van der Waals surface area contributed by atoms with Crippen molar-refractivity contribution in [3.05, 3.63) is 53.9 Å². The Kier molecular flexibility index (Phi) is 6.17. The predicted molar refractivity (Wildman–Crippen MR) is 114 cm³/mol. The Bertz CT molecular complexity index is 1240. The van der Waals surface area contributed by atoms with Crippen molar-refractivity contribution in [3.8, 4) is 11.4 Å². The number of carbonyl (C=O) groups excluding carboxylic acids is 1. The van der Waals surface area contributed by atoms with E-state index in [0.717, 1.165) is 0 Å². The molecule has 32 heavy (non-hydrogen) atoms. The van der Waals surface area contributed by atoms with Gasteiger partial charge in [-0.1, -0.05) is 6.07 Å². The third kappa shape index (κ3) is 4.33. The largest absolute Gasteiger partial charge is 0.494 e. The number of sulfonamides is 1. The van der Waals surface area contributed by atoms with Crippen LogP contribution in [0, 0.1) is 6.92 Å². The fourth-order valence-electron chi connectivity index (χ4n) is 3.32. The van der Waals surface area contributed by atoms with Gasteiger partial charge in [-0.25, -0.2) is 8.42 Å². The number of anilines is 1. The Hall–Kier alpha value is -3.35. The zero-order valence-corrected chi connectivity index (χ0v) is 18.4. The van der Waals surface area contributed by atoms with Gasteiger partial charge in [-0.15, -0.1) is 5.10 Å². The lowest BCUT2D eigenvalue weighted by Crippen LogP contribution is -2.40. The molecule has 1 fully saturated rings. The van der Waals surface area contributed by atoms with E-state index in [9.17, 15) is 13.2 Å². The summed E-state index contributed by atoms with van der Waals surface area (Å²) in [6, 6.07) is 11.0. The van der Waals surface area contributed by atoms with Gasteiger partial charge in [0.15, 0.2) is 5.82 Å². The van der Waals surface area contributed by atoms with Crippen LogP contribution in [0.4, 0.5) is 5.69 Å². The molecule has 0 unspecified atom stereocenters. The molecule has 168 valence electrons. The summed E-state index contributed by atoms with van der Waals surface area (Å²) in [5, 5.41) is 14.2. The van der Waals surface area contributed by atoms with Gasteiger partial charge in [-0.3, -0.25) is 4.79 Å². The molecule has 1 N–H and O–H groups in total. The van der Waals surface area contributed by atoms with Gasteiger partial charge < -0.3 is 14.8 Å². The molecular weight excluding hydrogens is 436 g/mol. The van der Waals surface area contributed by atoms with Crippen LogP contribution in [0.3, 0.4) is 0 Å². The van der Waals surface area contributed by atoms with Crippen LogP contribution in [0.15, 0.2) is 47.4 Å². The highest BCUT2D eigenvalue weighted by Gasteiger charge is 2.27. The molecule has 0 spiro atoms. The maximum absolute atomic E-state index is 12.9. The van der Waals surface area contributed by atoms with E-state index in [0.29, 0.717) is 36.2 Å². The quantitative estimate of drug-likeness (QED) is 0.584. The Morgan fingerprint density at radius 1 is 1.16 bits per heavy atom. The smallest absolute Gasteiger partial charge is 0.255 e. The number of carbonyl (C=O) groups is 1. The van der Waals surface area contributed by atoms with Gasteiger partial charge in [0, 0.05) is 24.3 Å². The van der Waals surface area contributed by atoms with Gasteiger partial charge in [-0.05, 0) is 53.7 Å². The van der Waals surface area contributed by atoms with Crippen LogP contribution in [-0.4, -0.2) is 72.3 Å². The summed E-state index contributed by atoms with van der Waals surface area (Å²) in [5.41, 5.74) is 1.24. The fourth-order valence-corrected chi connectivity index (χ4v) is 4.78. The summed E-state index contributed by atoms with van der Waals surface area (Å²) in [5.74, 6) is 0.623. The van der Waals surface area contributed by atoms with E-state index in [1.54, 1.807) is 37.3 Å². The maximum atomic E-state index is 12.9. The van der Waals surface area contributed by atoms with Crippen molar-refractivity contribution in [1.82, 2.24) is 24.5 Å². The molecule has 0 saturated carbocycles. The molecule has 2 aromatic carbocycles. The third-order valence-electron chi connectivity index (χ3n) is 4.99. The number of aromatic nitrogens is 4. The maximum Gasteiger partial charge on any atom is 0.255 e. The zero-order valence-electron chi connectivity index (χ0n) is 17.6. The number of hydrogen-bond donors (Lipinski definition) is 1. The van der Waals surface area contributed by atoms with Gasteiger partial charge in [0.2, 0.25) is 10.0 Å². The van der Waals surface area contributed by atoms with Gasteiger partial charge in [0.1, 0.15) is 11.4 Å². The molecule has 0 atom stereocenters. The van der Waals surface area contributed by atoms with E-state index in [4.69, 9.17) is 9.47 Å². The number of morpholine rings is 1. The van der Waals surface area contributed by atoms with E-state index in [2.05, 4.69) is 20.8 Å². The summed E-state index contributed by atoms with van der Waals surface area (Å²) in [4.78, 5) is 12.9. The van der Waals surface area contributed by atoms with Crippen molar-refractivity contribution in [1.29, 1.82) is 0 Å². The minimum absolute atomic E-state index is 0.0618. The lowest BCUT2D eigenvalue weighted by molar-refractivity contribution is 0.0730. The average molecular weight is 459 g/mol. The molecule has 1 aliphatic heterocycles. The van der Waals surface area contributed by atoms with Crippen LogP contribution in [0.5, 0.6) is 5.75 Å². The number of rotatable bonds is 6. The van der Waals surface area contributed by atoms with Gasteiger partial charge in [-0.2, -0.15) is 8.99 Å². The number of methoxy groups -OCH3 is 1. The molecule has 0 aliphatic carbocycles. The molecular formula is C20H22N6O5S. The number of amides is 1. The first-order chi connectivity index (χ1) is 15.4. The third-order valence-corrected chi connectivity index (χ3v) is 6.89. The summed E-state index contributed by atoms with van der Waals surface area (Å²) < 4.78 is 39.2. The Balaban J connectivity index is 1.59. The van der Waals surface area contributed by atoms with E-state index >= 15 is 0 Å². The van der Waals surface area contributed by atoms with Crippen molar-refractivity contribution < 1.29 is 22.7 Å². The molecule has 1 aromatic heterocycles. The van der Waals surface area contributed by atoms with Crippen LogP contribution in [0.25, 0.3) is 5.69 Å². The first-order valence-electron chi connectivity index (χ1n) is 9.83. The molecule has 4 rings (SSSR count). The number of tetrazole rings is 1. The zero-order chi connectivity index (χ0) is 22.7. The summed E-state index contributed by atoms with van der Waals surface area (Å²) in [7, 11) is -2.18. The molecule has 1 aliphatic rings. The highest BCUT2D eigenvalue weighted by Crippen LogP contribution is 2.27. The van der Waals surface area contributed by atoms with Crippen molar-refractivity contribution in [2.75, 3.05) is 38.7 Å². The van der Waals surface area contributed by atoms with Crippen LogP contribution in [0.1, 0.15) is 16.2 Å². The second kappa shape index (κ2) is 9.02. The first kappa shape index (κ1) is 21.9. The summed E-state index contributed by atoms with van der Waals surface area (Å²) in [6.45, 7) is 3.00. The van der Waals surface area contributed by atoms with Crippen LogP contribution < -0.4 is 10.1 Å². The molecule has 1 saturated heterocycles. The van der Waals surface area contributed by atoms with Gasteiger partial charge >= 0.3 is 0 Å². The van der Waals surface area contributed by atoms with E-state index < -0.39 is 15.9 Å². The van der Waals surface area contributed by atoms with E-state index in [1.807, 2.05) is 0 Å². The number of benzene rings is 2. The second-order valence-electron chi connectivity index (χ2n) is 7.02. The molecule has 0 bridgehead atoms. The minimum Gasteiger partial charge on any atom is -0.494 e. The highest BCUT2D eigenvalue weighted by atomic mass is 32.2. The number of nitrogens with zero attached hydrogens (tertiary/aromatic N) is 5. The van der Waals surface area contributed by atoms with Crippen molar-refractivity contribution in [2.24, 2.45) is 0 Å². The topological polar surface area (TPSA) is 129 Å². The van der Waals surface area contributed by atoms with Crippen molar-refractivity contribution in [2.45, 2.75) is 11.8 Å². The number of hydrogen-bond acceptors (Lipinski definition) is 8. The monoisotopic (exact) mass is 458 g/mol. The molecule has 12 heteroatoms. The first-order valence-corrected chi connectivity index (χ1v) is 11.3. The number of nitrogens with one attached hydrogen (secondary N) is 1. The molecule has 11 nitrogen and oxygen atoms in total. The van der Waals surface area contributed by atoms with Gasteiger partial charge in [0.05, 0.1) is 25.2 Å². The van der Waals surface area contributed by atoms with Crippen molar-refractivity contribution >= 4 is 21.6 Å². The molecule has 0 radical (unpaired) electrons. The molecule has 3 aromatic rings. The molecule has 1 amide bonds. The lowest BCUT2D eigenvalue weighted by atomic mass is 10.2. The average Bonchev–Trinajstić information content (AvgIpc) is 3.25. The number of ether oxygens (including phenoxy) is 2. The van der Waals surface area contributed by atoms with E-state index in [-0.39, 0.29) is 23.5 Å². The SMILES string of the molecule is COc1ccc(NC(=O)c2cccc(S(=O)(=O)N3CCOCC3)c2)cc1-n1nnnc1C. The standard InChI is InChI=1S/C20H22N6O5S/c1-14-22-23-24-26(14)18-13-16(6-7-19(18)30-2)21-20(27)15-4-3-5-17(12-15)32(28,29)25-8-10-31-11-9-25/h3-7,12-13H,8-11H2,1-2H3,(H,21,27). The van der Waals surface area contributed by atoms with Crippen molar-refractivity contribution in [3.63, 3.8) is 0 Å². The van der Waals surface area contributed by atoms with Crippen LogP contribution in [0.2, 0.25) is 0 Å². The lowest BCUT2D eigenvalue weighted by Gasteiger charge is -2.26. The normalized spacial score (nSPS) is 14.8. The number of aryl methyl sites for hydroxylation is 1. The van der Waals surface area contributed by atoms with Gasteiger partial charge in [0.25, 0.3) is 5.91 Å². The summed E-state index contributed by atoms with van der Waals surface area (Å²) in [6.07, 6.45) is 0. The predicted octanol–water partition coefficient (Wildman–Crippen LogP) is 1.25. The Labute approximate surface area is 185 Å². The Morgan fingerprint density at radius 3 is 2.62 bits per heavy atom. The van der Waals surface area contributed by atoms with E-state index in [1.165, 1.54) is 28.2 Å². The van der Waals surface area contributed by atoms with Crippen LogP contribution >= 0.6 is 0 Å². The minimum atomic E-state index is -3.71. The van der Waals surface area contributed by atoms with Crippen LogP contribution in [-0.2, 0) is 14.8 Å².